The number of hydrogen-bond acceptors (Lipinski definition) is 4. The molecule has 0 spiro atoms. The maximum absolute atomic E-state index is 13.4. The summed E-state index contributed by atoms with van der Waals surface area (Å²) in [6.07, 6.45) is 0. The van der Waals surface area contributed by atoms with Gasteiger partial charge < -0.3 is 10.1 Å². The van der Waals surface area contributed by atoms with Crippen molar-refractivity contribution in [1.29, 1.82) is 0 Å². The molecule has 1 aliphatic rings. The predicted molar refractivity (Wildman–Crippen MR) is 128 cm³/mol. The lowest BCUT2D eigenvalue weighted by atomic mass is 10.0. The van der Waals surface area contributed by atoms with Crippen molar-refractivity contribution < 1.29 is 18.7 Å². The number of carbonyl (C=O) groups excluding carboxylic acids is 2. The Morgan fingerprint density at radius 3 is 2.09 bits per heavy atom. The Kier molecular flexibility index (Phi) is 6.27. The van der Waals surface area contributed by atoms with Crippen LogP contribution >= 0.6 is 0 Å². The van der Waals surface area contributed by atoms with E-state index >= 15 is 0 Å². The standard InChI is InChI=1S/C27H25FN2O3/c1-4-33-23-15-7-19(8-16-23)24-25(29-21-11-5-18(6-12-21)17(2)3)27(32)30(26(24)31)22-13-9-20(28)10-14-22/h5-17,29H,4H2,1-3H3. The van der Waals surface area contributed by atoms with Crippen LogP contribution in [0.1, 0.15) is 37.8 Å². The van der Waals surface area contributed by atoms with Gasteiger partial charge >= 0.3 is 0 Å². The Morgan fingerprint density at radius 1 is 0.879 bits per heavy atom. The molecule has 4 rings (SSSR count). The molecule has 33 heavy (non-hydrogen) atoms. The molecule has 0 atom stereocenters. The molecule has 3 aromatic rings. The van der Waals surface area contributed by atoms with Crippen molar-refractivity contribution in [3.63, 3.8) is 0 Å². The van der Waals surface area contributed by atoms with E-state index in [2.05, 4.69) is 19.2 Å². The first kappa shape index (κ1) is 22.3. The first-order valence-corrected chi connectivity index (χ1v) is 10.9. The zero-order chi connectivity index (χ0) is 23.5. The summed E-state index contributed by atoms with van der Waals surface area (Å²) in [5.41, 5.74) is 3.18. The molecule has 3 aromatic carbocycles. The number of halogens is 1. The van der Waals surface area contributed by atoms with E-state index in [1.165, 1.54) is 29.8 Å². The number of anilines is 2. The monoisotopic (exact) mass is 444 g/mol. The van der Waals surface area contributed by atoms with Crippen LogP contribution in [0.4, 0.5) is 15.8 Å². The number of benzene rings is 3. The van der Waals surface area contributed by atoms with E-state index in [9.17, 15) is 14.0 Å². The third-order valence-corrected chi connectivity index (χ3v) is 5.47. The molecule has 5 nitrogen and oxygen atoms in total. The maximum Gasteiger partial charge on any atom is 0.282 e. The van der Waals surface area contributed by atoms with Crippen LogP contribution in [0, 0.1) is 5.82 Å². The number of rotatable bonds is 7. The summed E-state index contributed by atoms with van der Waals surface area (Å²) in [6.45, 7) is 6.63. The zero-order valence-corrected chi connectivity index (χ0v) is 18.8. The highest BCUT2D eigenvalue weighted by molar-refractivity contribution is 6.46. The lowest BCUT2D eigenvalue weighted by Crippen LogP contribution is -2.32. The van der Waals surface area contributed by atoms with E-state index in [0.717, 1.165) is 4.90 Å². The maximum atomic E-state index is 13.4. The molecule has 0 radical (unpaired) electrons. The SMILES string of the molecule is CCOc1ccc(C2=C(Nc3ccc(C(C)C)cc3)C(=O)N(c3ccc(F)cc3)C2=O)cc1. The minimum absolute atomic E-state index is 0.172. The van der Waals surface area contributed by atoms with E-state index in [1.54, 1.807) is 24.3 Å². The van der Waals surface area contributed by atoms with Crippen molar-refractivity contribution >= 4 is 28.8 Å². The van der Waals surface area contributed by atoms with Gasteiger partial charge in [0.1, 0.15) is 17.3 Å². The van der Waals surface area contributed by atoms with Gasteiger partial charge in [-0.05, 0) is 72.5 Å². The van der Waals surface area contributed by atoms with Crippen LogP contribution in [0.2, 0.25) is 0 Å². The molecule has 168 valence electrons. The Bertz CT molecular complexity index is 1200. The van der Waals surface area contributed by atoms with E-state index in [1.807, 2.05) is 31.2 Å². The second-order valence-corrected chi connectivity index (χ2v) is 8.03. The summed E-state index contributed by atoms with van der Waals surface area (Å²) in [6, 6.07) is 20.1. The first-order chi connectivity index (χ1) is 15.9. The van der Waals surface area contributed by atoms with E-state index < -0.39 is 17.6 Å². The topological polar surface area (TPSA) is 58.6 Å². The van der Waals surface area contributed by atoms with Crippen LogP contribution in [0.25, 0.3) is 5.57 Å². The van der Waals surface area contributed by atoms with Crippen LogP contribution < -0.4 is 15.0 Å². The quantitative estimate of drug-likeness (QED) is 0.472. The Hall–Kier alpha value is -3.93. The van der Waals surface area contributed by atoms with E-state index in [0.29, 0.717) is 35.2 Å². The summed E-state index contributed by atoms with van der Waals surface area (Å²) in [5.74, 6) is -0.365. The largest absolute Gasteiger partial charge is 0.494 e. The number of hydrogen-bond donors (Lipinski definition) is 1. The van der Waals surface area contributed by atoms with Gasteiger partial charge in [-0.15, -0.1) is 0 Å². The third-order valence-electron chi connectivity index (χ3n) is 5.47. The lowest BCUT2D eigenvalue weighted by Gasteiger charge is -2.15. The van der Waals surface area contributed by atoms with Crippen molar-refractivity contribution in [3.8, 4) is 5.75 Å². The highest BCUT2D eigenvalue weighted by Gasteiger charge is 2.40. The van der Waals surface area contributed by atoms with Gasteiger partial charge in [-0.2, -0.15) is 0 Å². The molecule has 0 fully saturated rings. The summed E-state index contributed by atoms with van der Waals surface area (Å²) < 4.78 is 18.9. The summed E-state index contributed by atoms with van der Waals surface area (Å²) in [5, 5.41) is 3.15. The lowest BCUT2D eigenvalue weighted by molar-refractivity contribution is -0.120. The van der Waals surface area contributed by atoms with Crippen molar-refractivity contribution in [3.05, 3.63) is 95.4 Å². The molecule has 0 aromatic heterocycles. The number of carbonyl (C=O) groups is 2. The average Bonchev–Trinajstić information content (AvgIpc) is 3.05. The van der Waals surface area contributed by atoms with Gasteiger partial charge in [0.15, 0.2) is 0 Å². The van der Waals surface area contributed by atoms with Gasteiger partial charge in [0.2, 0.25) is 0 Å². The van der Waals surface area contributed by atoms with Crippen LogP contribution in [-0.4, -0.2) is 18.4 Å². The first-order valence-electron chi connectivity index (χ1n) is 10.9. The summed E-state index contributed by atoms with van der Waals surface area (Å²) in [7, 11) is 0. The van der Waals surface area contributed by atoms with Gasteiger partial charge in [0.05, 0.1) is 17.9 Å². The van der Waals surface area contributed by atoms with Gasteiger partial charge in [0, 0.05) is 5.69 Å². The number of nitrogens with zero attached hydrogens (tertiary/aromatic N) is 1. The highest BCUT2D eigenvalue weighted by Crippen LogP contribution is 2.34. The molecule has 0 aliphatic carbocycles. The minimum Gasteiger partial charge on any atom is -0.494 e. The molecule has 0 saturated carbocycles. The molecule has 2 amide bonds. The van der Waals surface area contributed by atoms with Crippen molar-refractivity contribution in [2.24, 2.45) is 0 Å². The number of amides is 2. The van der Waals surface area contributed by atoms with Crippen LogP contribution in [0.3, 0.4) is 0 Å². The van der Waals surface area contributed by atoms with Gasteiger partial charge in [-0.1, -0.05) is 38.1 Å². The Balaban J connectivity index is 1.75. The molecule has 1 heterocycles. The van der Waals surface area contributed by atoms with Crippen LogP contribution in [-0.2, 0) is 9.59 Å². The average molecular weight is 445 g/mol. The molecule has 0 unspecified atom stereocenters. The number of nitrogens with one attached hydrogen (secondary N) is 1. The van der Waals surface area contributed by atoms with E-state index in [4.69, 9.17) is 4.74 Å². The summed E-state index contributed by atoms with van der Waals surface area (Å²) in [4.78, 5) is 27.9. The zero-order valence-electron chi connectivity index (χ0n) is 18.8. The highest BCUT2D eigenvalue weighted by atomic mass is 19.1. The minimum atomic E-state index is -0.497. The second-order valence-electron chi connectivity index (χ2n) is 8.03. The van der Waals surface area contributed by atoms with Crippen molar-refractivity contribution in [1.82, 2.24) is 0 Å². The second kappa shape index (κ2) is 9.28. The Labute approximate surface area is 192 Å². The molecule has 0 bridgehead atoms. The fourth-order valence-electron chi connectivity index (χ4n) is 3.72. The van der Waals surface area contributed by atoms with Gasteiger partial charge in [0.25, 0.3) is 11.8 Å². The fraction of sp³-hybridized carbons (Fsp3) is 0.185. The molecule has 0 saturated heterocycles. The van der Waals surface area contributed by atoms with Crippen molar-refractivity contribution in [2.45, 2.75) is 26.7 Å². The number of ether oxygens (including phenoxy) is 1. The normalized spacial score (nSPS) is 13.8. The smallest absolute Gasteiger partial charge is 0.282 e. The molecule has 1 aliphatic heterocycles. The summed E-state index contributed by atoms with van der Waals surface area (Å²) >= 11 is 0. The molecule has 1 N–H and O–H groups in total. The molecular formula is C27H25FN2O3. The molecular weight excluding hydrogens is 419 g/mol. The van der Waals surface area contributed by atoms with E-state index in [-0.39, 0.29) is 11.3 Å². The predicted octanol–water partition coefficient (Wildman–Crippen LogP) is 5.74. The molecule has 6 heteroatoms. The fourth-order valence-corrected chi connectivity index (χ4v) is 3.72. The number of imide groups is 1. The third kappa shape index (κ3) is 4.51. The van der Waals surface area contributed by atoms with Crippen molar-refractivity contribution in [2.75, 3.05) is 16.8 Å². The van der Waals surface area contributed by atoms with Crippen LogP contribution in [0.15, 0.2) is 78.5 Å². The Morgan fingerprint density at radius 2 is 1.52 bits per heavy atom. The van der Waals surface area contributed by atoms with Crippen LogP contribution in [0.5, 0.6) is 5.75 Å². The van der Waals surface area contributed by atoms with Gasteiger partial charge in [-0.25, -0.2) is 9.29 Å². The van der Waals surface area contributed by atoms with Gasteiger partial charge in [-0.3, -0.25) is 9.59 Å².